The second-order valence-electron chi connectivity index (χ2n) is 14.5. The van der Waals surface area contributed by atoms with E-state index in [2.05, 4.69) is 61.5 Å². The molecule has 8 atom stereocenters. The largest absolute Gasteiger partial charge is 0.294 e. The molecule has 174 valence electrons. The van der Waals surface area contributed by atoms with Crippen molar-refractivity contribution in [1.29, 1.82) is 0 Å². The van der Waals surface area contributed by atoms with Crippen LogP contribution in [0, 0.1) is 56.7 Å². The summed E-state index contributed by atoms with van der Waals surface area (Å²) in [5, 5.41) is 0. The van der Waals surface area contributed by atoms with Gasteiger partial charge in [-0.25, -0.2) is 0 Å². The topological polar surface area (TPSA) is 17.1 Å². The number of allylic oxidation sites excluding steroid dienone is 2. The first kappa shape index (κ1) is 22.2. The van der Waals surface area contributed by atoms with Gasteiger partial charge in [0.15, 0.2) is 5.78 Å². The zero-order valence-corrected chi connectivity index (χ0v) is 21.7. The van der Waals surface area contributed by atoms with Gasteiger partial charge >= 0.3 is 0 Å². The molecular formula is C30H48O. The molecule has 0 radical (unpaired) electrons. The van der Waals surface area contributed by atoms with Crippen LogP contribution in [0.15, 0.2) is 11.6 Å². The standard InChI is InChI=1S/C30H48O/c1-19(2)20-10-13-24-28(20,6)16-17-29(7)21-11-12-23-26(3,4)14-9-15-27(23,5)22(21)18-25(31)30(24,29)8/h18-21,23-24H,9-17H2,1-8H3/t20-,21+,23-,24-,27-,28-,29-,30-/m1/s1. The predicted octanol–water partition coefficient (Wildman–Crippen LogP) is 8.23. The van der Waals surface area contributed by atoms with Gasteiger partial charge < -0.3 is 0 Å². The Labute approximate surface area is 192 Å². The molecule has 31 heavy (non-hydrogen) atoms. The molecule has 1 heteroatoms. The minimum Gasteiger partial charge on any atom is -0.294 e. The Bertz CT molecular complexity index is 818. The van der Waals surface area contributed by atoms with Gasteiger partial charge in [0, 0.05) is 5.41 Å². The van der Waals surface area contributed by atoms with E-state index in [1.165, 1.54) is 57.8 Å². The SMILES string of the molecule is CC(C)[C@H]1CC[C@@H]2[C@]1(C)CC[C@]1(C)[C@H]3CC[C@@H]4C(C)(C)CCC[C@]4(C)C3=CC(=O)[C@@]21C. The van der Waals surface area contributed by atoms with Gasteiger partial charge in [-0.3, -0.25) is 4.79 Å². The highest BCUT2D eigenvalue weighted by Crippen LogP contribution is 2.75. The predicted molar refractivity (Wildman–Crippen MR) is 130 cm³/mol. The maximum absolute atomic E-state index is 14.3. The Morgan fingerprint density at radius 2 is 1.52 bits per heavy atom. The fourth-order valence-corrected chi connectivity index (χ4v) is 11.1. The van der Waals surface area contributed by atoms with E-state index in [-0.39, 0.29) is 16.2 Å². The third-order valence-electron chi connectivity index (χ3n) is 12.9. The number of rotatable bonds is 1. The molecule has 0 spiro atoms. The third-order valence-corrected chi connectivity index (χ3v) is 12.9. The highest BCUT2D eigenvalue weighted by atomic mass is 16.1. The third kappa shape index (κ3) is 2.53. The van der Waals surface area contributed by atoms with Crippen molar-refractivity contribution >= 4 is 5.78 Å². The van der Waals surface area contributed by atoms with Crippen LogP contribution >= 0.6 is 0 Å². The maximum Gasteiger partial charge on any atom is 0.162 e. The van der Waals surface area contributed by atoms with Gasteiger partial charge in [0.2, 0.25) is 0 Å². The molecule has 0 aromatic heterocycles. The van der Waals surface area contributed by atoms with E-state index < -0.39 is 0 Å². The quantitative estimate of drug-likeness (QED) is 0.414. The van der Waals surface area contributed by atoms with Gasteiger partial charge in [-0.2, -0.15) is 0 Å². The van der Waals surface area contributed by atoms with Crippen LogP contribution in [0.4, 0.5) is 0 Å². The van der Waals surface area contributed by atoms with Crippen molar-refractivity contribution in [3.8, 4) is 0 Å². The summed E-state index contributed by atoms with van der Waals surface area (Å²) in [6.07, 6.45) is 14.1. The van der Waals surface area contributed by atoms with Gasteiger partial charge in [-0.1, -0.05) is 67.4 Å². The molecule has 5 rings (SSSR count). The van der Waals surface area contributed by atoms with Crippen molar-refractivity contribution in [2.24, 2.45) is 56.7 Å². The molecule has 0 bridgehead atoms. The number of hydrogen-bond acceptors (Lipinski definition) is 1. The van der Waals surface area contributed by atoms with Gasteiger partial charge in [0.1, 0.15) is 0 Å². The Kier molecular flexibility index (Phi) is 4.66. The lowest BCUT2D eigenvalue weighted by Gasteiger charge is -2.68. The summed E-state index contributed by atoms with van der Waals surface area (Å²) < 4.78 is 0. The normalized spacial score (nSPS) is 53.3. The summed E-state index contributed by atoms with van der Waals surface area (Å²) in [6.45, 7) is 19.9. The number of hydrogen-bond donors (Lipinski definition) is 0. The van der Waals surface area contributed by atoms with Crippen LogP contribution in [0.2, 0.25) is 0 Å². The lowest BCUT2D eigenvalue weighted by Crippen LogP contribution is -2.64. The summed E-state index contributed by atoms with van der Waals surface area (Å²) in [5.41, 5.74) is 2.54. The molecular weight excluding hydrogens is 376 g/mol. The summed E-state index contributed by atoms with van der Waals surface area (Å²) in [4.78, 5) is 14.3. The van der Waals surface area contributed by atoms with Crippen LogP contribution in [-0.4, -0.2) is 5.78 Å². The van der Waals surface area contributed by atoms with E-state index >= 15 is 0 Å². The van der Waals surface area contributed by atoms with E-state index in [4.69, 9.17) is 0 Å². The van der Waals surface area contributed by atoms with Crippen molar-refractivity contribution in [2.45, 2.75) is 113 Å². The molecule has 4 fully saturated rings. The number of carbonyl (C=O) groups excluding carboxylic acids is 1. The van der Waals surface area contributed by atoms with Gasteiger partial charge in [0.05, 0.1) is 0 Å². The molecule has 0 unspecified atom stereocenters. The summed E-state index contributed by atoms with van der Waals surface area (Å²) in [6, 6.07) is 0. The molecule has 5 aliphatic carbocycles. The van der Waals surface area contributed by atoms with Gasteiger partial charge in [-0.15, -0.1) is 0 Å². The minimum atomic E-state index is -0.175. The Morgan fingerprint density at radius 1 is 0.839 bits per heavy atom. The van der Waals surface area contributed by atoms with Crippen molar-refractivity contribution in [2.75, 3.05) is 0 Å². The first-order chi connectivity index (χ1) is 14.3. The average molecular weight is 425 g/mol. The van der Waals surface area contributed by atoms with Crippen LogP contribution in [0.5, 0.6) is 0 Å². The van der Waals surface area contributed by atoms with Crippen molar-refractivity contribution in [3.63, 3.8) is 0 Å². The molecule has 0 N–H and O–H groups in total. The Hall–Kier alpha value is -0.590. The van der Waals surface area contributed by atoms with E-state index in [0.29, 0.717) is 28.4 Å². The Balaban J connectivity index is 1.61. The minimum absolute atomic E-state index is 0.139. The van der Waals surface area contributed by atoms with Crippen LogP contribution < -0.4 is 0 Å². The highest BCUT2D eigenvalue weighted by Gasteiger charge is 2.70. The fourth-order valence-electron chi connectivity index (χ4n) is 11.1. The van der Waals surface area contributed by atoms with Crippen molar-refractivity contribution in [3.05, 3.63) is 11.6 Å². The van der Waals surface area contributed by atoms with Crippen LogP contribution in [-0.2, 0) is 4.79 Å². The zero-order valence-electron chi connectivity index (χ0n) is 21.7. The molecule has 0 heterocycles. The maximum atomic E-state index is 14.3. The molecule has 0 amide bonds. The Morgan fingerprint density at radius 3 is 2.19 bits per heavy atom. The van der Waals surface area contributed by atoms with E-state index in [1.807, 2.05) is 0 Å². The molecule has 0 aromatic rings. The monoisotopic (exact) mass is 424 g/mol. The summed E-state index contributed by atoms with van der Waals surface area (Å²) in [7, 11) is 0. The molecule has 0 saturated heterocycles. The lowest BCUT2D eigenvalue weighted by molar-refractivity contribution is -0.173. The first-order valence-electron chi connectivity index (χ1n) is 13.6. The van der Waals surface area contributed by atoms with E-state index in [0.717, 1.165) is 17.8 Å². The van der Waals surface area contributed by atoms with Crippen molar-refractivity contribution < 1.29 is 4.79 Å². The number of ketones is 1. The number of carbonyl (C=O) groups is 1. The van der Waals surface area contributed by atoms with E-state index in [9.17, 15) is 4.79 Å². The zero-order chi connectivity index (χ0) is 22.6. The second-order valence-corrected chi connectivity index (χ2v) is 14.5. The smallest absolute Gasteiger partial charge is 0.162 e. The van der Waals surface area contributed by atoms with Crippen LogP contribution in [0.1, 0.15) is 113 Å². The fraction of sp³-hybridized carbons (Fsp3) is 0.900. The summed E-state index contributed by atoms with van der Waals surface area (Å²) in [5.74, 6) is 3.93. The highest BCUT2D eigenvalue weighted by molar-refractivity contribution is 5.98. The van der Waals surface area contributed by atoms with Crippen LogP contribution in [0.3, 0.4) is 0 Å². The number of fused-ring (bicyclic) bond motifs is 7. The van der Waals surface area contributed by atoms with Crippen molar-refractivity contribution in [1.82, 2.24) is 0 Å². The second kappa shape index (κ2) is 6.50. The van der Waals surface area contributed by atoms with E-state index in [1.54, 1.807) is 5.57 Å². The van der Waals surface area contributed by atoms with Gasteiger partial charge in [0.25, 0.3) is 0 Å². The average Bonchev–Trinajstić information content (AvgIpc) is 3.03. The lowest BCUT2D eigenvalue weighted by atomic mass is 9.35. The summed E-state index contributed by atoms with van der Waals surface area (Å²) >= 11 is 0. The molecule has 5 aliphatic rings. The molecule has 0 aromatic carbocycles. The molecule has 1 nitrogen and oxygen atoms in total. The molecule has 4 saturated carbocycles. The first-order valence-corrected chi connectivity index (χ1v) is 13.6. The van der Waals surface area contributed by atoms with Crippen LogP contribution in [0.25, 0.3) is 0 Å². The van der Waals surface area contributed by atoms with Gasteiger partial charge in [-0.05, 0) is 109 Å². The molecule has 0 aliphatic heterocycles.